The van der Waals surface area contributed by atoms with Gasteiger partial charge in [0.15, 0.2) is 0 Å². The van der Waals surface area contributed by atoms with Gasteiger partial charge in [0.05, 0.1) is 15.7 Å². The maximum Gasteiger partial charge on any atom is 0.100 e. The minimum absolute atomic E-state index is 0.0620. The van der Waals surface area contributed by atoms with Gasteiger partial charge >= 0.3 is 0 Å². The Balaban J connectivity index is 3.18. The standard InChI is InChI=1S/C17H31NOSSi/c1-16(2,3)15(18-20(19)17(4,5)6)21(7,8)14-12-10-9-11-13-14/h9-13,15,18H,1-8H3/t15-,20?/m1/s1. The molecule has 0 aromatic heterocycles. The molecular formula is C17H31NOSSi. The first-order valence-electron chi connectivity index (χ1n) is 7.60. The molecule has 1 aromatic carbocycles. The van der Waals surface area contributed by atoms with Gasteiger partial charge in [0.1, 0.15) is 8.07 Å². The average molecular weight is 326 g/mol. The average Bonchev–Trinajstić information content (AvgIpc) is 2.33. The molecule has 1 aromatic rings. The molecule has 0 saturated carbocycles. The van der Waals surface area contributed by atoms with Crippen LogP contribution >= 0.6 is 0 Å². The highest BCUT2D eigenvalue weighted by molar-refractivity contribution is 7.84. The van der Waals surface area contributed by atoms with E-state index in [0.717, 1.165) is 0 Å². The number of benzene rings is 1. The van der Waals surface area contributed by atoms with E-state index in [-0.39, 0.29) is 15.8 Å². The first-order valence-corrected chi connectivity index (χ1v) is 11.8. The Morgan fingerprint density at radius 3 is 1.86 bits per heavy atom. The number of nitrogens with one attached hydrogen (secondary N) is 1. The molecule has 0 aliphatic rings. The molecule has 21 heavy (non-hydrogen) atoms. The van der Waals surface area contributed by atoms with Crippen LogP contribution in [0.1, 0.15) is 41.5 Å². The van der Waals surface area contributed by atoms with Crippen molar-refractivity contribution >= 4 is 24.2 Å². The number of hydrogen-bond donors (Lipinski definition) is 1. The molecule has 1 N–H and O–H groups in total. The van der Waals surface area contributed by atoms with Crippen molar-refractivity contribution in [1.82, 2.24) is 4.72 Å². The lowest BCUT2D eigenvalue weighted by molar-refractivity contribution is 0.366. The summed E-state index contributed by atoms with van der Waals surface area (Å²) in [4.78, 5) is 0. The molecule has 0 radical (unpaired) electrons. The minimum Gasteiger partial charge on any atom is -0.242 e. The molecule has 0 aliphatic carbocycles. The van der Waals surface area contributed by atoms with Crippen LogP contribution in [0.4, 0.5) is 0 Å². The predicted molar refractivity (Wildman–Crippen MR) is 97.8 cm³/mol. The van der Waals surface area contributed by atoms with E-state index in [9.17, 15) is 4.21 Å². The topological polar surface area (TPSA) is 29.1 Å². The lowest BCUT2D eigenvalue weighted by atomic mass is 9.97. The van der Waals surface area contributed by atoms with E-state index in [1.54, 1.807) is 0 Å². The summed E-state index contributed by atoms with van der Waals surface area (Å²) in [5.41, 5.74) is 0.305. The first-order chi connectivity index (χ1) is 9.37. The van der Waals surface area contributed by atoms with E-state index in [1.165, 1.54) is 5.19 Å². The monoisotopic (exact) mass is 325 g/mol. The fourth-order valence-electron chi connectivity index (χ4n) is 2.72. The summed E-state index contributed by atoms with van der Waals surface area (Å²) in [5.74, 6) is 0. The Morgan fingerprint density at radius 2 is 1.48 bits per heavy atom. The summed E-state index contributed by atoms with van der Waals surface area (Å²) in [6.07, 6.45) is 0. The van der Waals surface area contributed by atoms with Gasteiger partial charge in [-0.15, -0.1) is 0 Å². The van der Waals surface area contributed by atoms with Crippen LogP contribution in [0.2, 0.25) is 13.1 Å². The summed E-state index contributed by atoms with van der Waals surface area (Å²) in [7, 11) is -2.84. The van der Waals surface area contributed by atoms with E-state index in [4.69, 9.17) is 0 Å². The van der Waals surface area contributed by atoms with Crippen LogP contribution in [0.5, 0.6) is 0 Å². The fourth-order valence-corrected chi connectivity index (χ4v) is 8.70. The summed E-state index contributed by atoms with van der Waals surface area (Å²) in [6.45, 7) is 17.5. The Labute approximate surface area is 134 Å². The van der Waals surface area contributed by atoms with Gasteiger partial charge in [-0.3, -0.25) is 0 Å². The second kappa shape index (κ2) is 6.35. The van der Waals surface area contributed by atoms with Crippen LogP contribution in [0.3, 0.4) is 0 Å². The molecule has 2 atom stereocenters. The summed E-state index contributed by atoms with van der Waals surface area (Å²) in [6, 6.07) is 10.7. The lowest BCUT2D eigenvalue weighted by Crippen LogP contribution is -2.65. The molecule has 0 saturated heterocycles. The zero-order chi connectivity index (χ0) is 16.5. The van der Waals surface area contributed by atoms with Crippen molar-refractivity contribution in [2.75, 3.05) is 0 Å². The number of hydrogen-bond acceptors (Lipinski definition) is 1. The smallest absolute Gasteiger partial charge is 0.100 e. The molecule has 120 valence electrons. The molecular weight excluding hydrogens is 294 g/mol. The third-order valence-corrected chi connectivity index (χ3v) is 9.93. The zero-order valence-corrected chi connectivity index (χ0v) is 16.6. The maximum absolute atomic E-state index is 12.6. The minimum atomic E-state index is -1.79. The Hall–Kier alpha value is -0.453. The van der Waals surface area contributed by atoms with Gasteiger partial charge in [0, 0.05) is 5.67 Å². The normalized spacial score (nSPS) is 16.6. The summed E-state index contributed by atoms with van der Waals surface area (Å²) in [5, 5.41) is 1.41. The highest BCUT2D eigenvalue weighted by Crippen LogP contribution is 2.28. The van der Waals surface area contributed by atoms with Crippen molar-refractivity contribution < 1.29 is 4.21 Å². The maximum atomic E-state index is 12.6. The second-order valence-corrected chi connectivity index (χ2v) is 15.0. The number of rotatable bonds is 4. The third kappa shape index (κ3) is 4.76. The van der Waals surface area contributed by atoms with Crippen molar-refractivity contribution in [3.05, 3.63) is 30.3 Å². The Morgan fingerprint density at radius 1 is 1.00 bits per heavy atom. The van der Waals surface area contributed by atoms with E-state index >= 15 is 0 Å². The van der Waals surface area contributed by atoms with Crippen LogP contribution in [0.25, 0.3) is 0 Å². The van der Waals surface area contributed by atoms with E-state index < -0.39 is 19.1 Å². The van der Waals surface area contributed by atoms with Gasteiger partial charge in [-0.1, -0.05) is 69.4 Å². The van der Waals surface area contributed by atoms with Crippen LogP contribution in [0, 0.1) is 5.41 Å². The van der Waals surface area contributed by atoms with Crippen molar-refractivity contribution in [3.8, 4) is 0 Å². The largest absolute Gasteiger partial charge is 0.242 e. The van der Waals surface area contributed by atoms with Crippen molar-refractivity contribution in [3.63, 3.8) is 0 Å². The molecule has 0 spiro atoms. The molecule has 0 fully saturated rings. The summed E-state index contributed by atoms with van der Waals surface area (Å²) >= 11 is 0. The van der Waals surface area contributed by atoms with Crippen molar-refractivity contribution in [2.24, 2.45) is 5.41 Å². The van der Waals surface area contributed by atoms with Gasteiger partial charge in [-0.2, -0.15) is 0 Å². The molecule has 1 unspecified atom stereocenters. The van der Waals surface area contributed by atoms with Gasteiger partial charge in [-0.25, -0.2) is 8.93 Å². The van der Waals surface area contributed by atoms with Crippen molar-refractivity contribution in [1.29, 1.82) is 0 Å². The second-order valence-electron chi connectivity index (χ2n) is 8.39. The van der Waals surface area contributed by atoms with E-state index in [1.807, 2.05) is 20.8 Å². The predicted octanol–water partition coefficient (Wildman–Crippen LogP) is 3.61. The summed E-state index contributed by atoms with van der Waals surface area (Å²) < 4.78 is 15.8. The van der Waals surface area contributed by atoms with E-state index in [2.05, 4.69) is 68.9 Å². The quantitative estimate of drug-likeness (QED) is 0.842. The highest BCUT2D eigenvalue weighted by Gasteiger charge is 2.42. The van der Waals surface area contributed by atoms with E-state index in [0.29, 0.717) is 0 Å². The van der Waals surface area contributed by atoms with Crippen LogP contribution in [-0.4, -0.2) is 22.7 Å². The fraction of sp³-hybridized carbons (Fsp3) is 0.647. The van der Waals surface area contributed by atoms with Gasteiger partial charge < -0.3 is 0 Å². The highest BCUT2D eigenvalue weighted by atomic mass is 32.2. The first kappa shape index (κ1) is 18.6. The molecule has 4 heteroatoms. The molecule has 0 heterocycles. The van der Waals surface area contributed by atoms with Crippen LogP contribution in [0.15, 0.2) is 30.3 Å². The molecule has 1 rings (SSSR count). The Kier molecular flexibility index (Phi) is 5.62. The van der Waals surface area contributed by atoms with Crippen LogP contribution in [-0.2, 0) is 11.0 Å². The zero-order valence-electron chi connectivity index (χ0n) is 14.8. The van der Waals surface area contributed by atoms with Gasteiger partial charge in [-0.05, 0) is 26.2 Å². The third-order valence-electron chi connectivity index (χ3n) is 3.89. The van der Waals surface area contributed by atoms with Gasteiger partial charge in [0.2, 0.25) is 0 Å². The molecule has 0 aliphatic heterocycles. The molecule has 0 bridgehead atoms. The van der Waals surface area contributed by atoms with Crippen LogP contribution < -0.4 is 9.91 Å². The molecule has 0 amide bonds. The van der Waals surface area contributed by atoms with Gasteiger partial charge in [0.25, 0.3) is 0 Å². The van der Waals surface area contributed by atoms with Crippen molar-refractivity contribution in [2.45, 2.75) is 65.0 Å². The Bertz CT molecular complexity index is 486. The SMILES string of the molecule is CC(C)(C)[C@H](NS(=O)C(C)(C)C)[Si](C)(C)c1ccccc1. The lowest BCUT2D eigenvalue weighted by Gasteiger charge is -2.43. The molecule has 2 nitrogen and oxygen atoms in total.